The predicted molar refractivity (Wildman–Crippen MR) is 76.3 cm³/mol. The van der Waals surface area contributed by atoms with E-state index in [-0.39, 0.29) is 12.8 Å². The fourth-order valence-corrected chi connectivity index (χ4v) is 1.65. The average molecular weight is 303 g/mol. The number of rotatable bonds is 10. The Labute approximate surface area is 125 Å². The topological polar surface area (TPSA) is 95.7 Å². The lowest BCUT2D eigenvalue weighted by Crippen LogP contribution is -2.52. The number of hydrogen-bond donors (Lipinski definition) is 0. The Morgan fingerprint density at radius 3 is 1.67 bits per heavy atom. The fourth-order valence-electron chi connectivity index (χ4n) is 1.65. The van der Waals surface area contributed by atoms with E-state index in [1.807, 2.05) is 13.8 Å². The summed E-state index contributed by atoms with van der Waals surface area (Å²) in [7, 11) is 0. The number of ether oxygens (including phenoxy) is 2. The minimum atomic E-state index is -1.60. The smallest absolute Gasteiger partial charge is 0.306 e. The molecule has 0 amide bonds. The zero-order chi connectivity index (χ0) is 16.5. The highest BCUT2D eigenvalue weighted by Gasteiger charge is 2.49. The van der Waals surface area contributed by atoms with Gasteiger partial charge in [-0.2, -0.15) is 0 Å². The molecule has 0 fully saturated rings. The standard InChI is InChI=1S/C14H25NO6/c1-5-7-12(16)20-9-14(11(3)4,15(18)19)10-21-13(17)8-6-2/h11H,5-10H2,1-4H3. The molecule has 122 valence electrons. The normalized spacial score (nSPS) is 11.3. The molecule has 0 bridgehead atoms. The molecule has 0 aliphatic rings. The number of carbonyl (C=O) groups is 2. The summed E-state index contributed by atoms with van der Waals surface area (Å²) in [6.07, 6.45) is 1.64. The van der Waals surface area contributed by atoms with Crippen LogP contribution in [0.15, 0.2) is 0 Å². The number of nitro groups is 1. The molecule has 0 saturated heterocycles. The third-order valence-corrected chi connectivity index (χ3v) is 3.31. The summed E-state index contributed by atoms with van der Waals surface area (Å²) in [5, 5.41) is 11.4. The first-order valence-corrected chi connectivity index (χ1v) is 7.25. The van der Waals surface area contributed by atoms with Gasteiger partial charge in [-0.3, -0.25) is 19.7 Å². The first-order valence-electron chi connectivity index (χ1n) is 7.25. The highest BCUT2D eigenvalue weighted by molar-refractivity contribution is 5.69. The van der Waals surface area contributed by atoms with Crippen LogP contribution in [0.5, 0.6) is 0 Å². The first-order chi connectivity index (χ1) is 9.80. The largest absolute Gasteiger partial charge is 0.458 e. The second-order valence-corrected chi connectivity index (χ2v) is 5.34. The first kappa shape index (κ1) is 19.3. The van der Waals surface area contributed by atoms with Crippen LogP contribution in [0.1, 0.15) is 53.4 Å². The summed E-state index contributed by atoms with van der Waals surface area (Å²) in [4.78, 5) is 33.8. The maximum absolute atomic E-state index is 11.4. The van der Waals surface area contributed by atoms with Crippen molar-refractivity contribution in [1.82, 2.24) is 0 Å². The zero-order valence-corrected chi connectivity index (χ0v) is 13.2. The van der Waals surface area contributed by atoms with Crippen LogP contribution < -0.4 is 0 Å². The lowest BCUT2D eigenvalue weighted by Gasteiger charge is -2.28. The number of esters is 2. The molecule has 0 heterocycles. The van der Waals surface area contributed by atoms with E-state index in [2.05, 4.69) is 0 Å². The molecule has 0 rings (SSSR count). The molecular formula is C14H25NO6. The third kappa shape index (κ3) is 6.10. The van der Waals surface area contributed by atoms with Crippen LogP contribution >= 0.6 is 0 Å². The van der Waals surface area contributed by atoms with Crippen LogP contribution in [-0.2, 0) is 19.1 Å². The van der Waals surface area contributed by atoms with Crippen LogP contribution in [0.2, 0.25) is 0 Å². The monoisotopic (exact) mass is 303 g/mol. The van der Waals surface area contributed by atoms with Crippen LogP contribution in [0.25, 0.3) is 0 Å². The molecule has 0 atom stereocenters. The van der Waals surface area contributed by atoms with E-state index in [1.54, 1.807) is 13.8 Å². The lowest BCUT2D eigenvalue weighted by atomic mass is 9.88. The molecule has 0 aromatic carbocycles. The van der Waals surface area contributed by atoms with E-state index >= 15 is 0 Å². The van der Waals surface area contributed by atoms with Gasteiger partial charge in [0.15, 0.2) is 13.2 Å². The minimum Gasteiger partial charge on any atom is -0.458 e. The second kappa shape index (κ2) is 9.31. The molecule has 7 heteroatoms. The lowest BCUT2D eigenvalue weighted by molar-refractivity contribution is -0.586. The zero-order valence-electron chi connectivity index (χ0n) is 13.2. The van der Waals surface area contributed by atoms with E-state index in [0.717, 1.165) is 0 Å². The minimum absolute atomic E-state index is 0.210. The van der Waals surface area contributed by atoms with Gasteiger partial charge in [0.2, 0.25) is 0 Å². The molecule has 0 saturated carbocycles. The van der Waals surface area contributed by atoms with E-state index in [9.17, 15) is 19.7 Å². The summed E-state index contributed by atoms with van der Waals surface area (Å²) in [5.41, 5.74) is -1.60. The van der Waals surface area contributed by atoms with Gasteiger partial charge in [-0.25, -0.2) is 0 Å². The quantitative estimate of drug-likeness (QED) is 0.349. The average Bonchev–Trinajstić information content (AvgIpc) is 2.38. The predicted octanol–water partition coefficient (Wildman–Crippen LogP) is 2.34. The van der Waals surface area contributed by atoms with Crippen LogP contribution in [0.3, 0.4) is 0 Å². The van der Waals surface area contributed by atoms with Crippen molar-refractivity contribution in [3.8, 4) is 0 Å². The molecule has 0 aliphatic carbocycles. The SMILES string of the molecule is CCCC(=O)OCC(COC(=O)CCC)(C(C)C)[N+](=O)[O-]. The van der Waals surface area contributed by atoms with Crippen molar-refractivity contribution >= 4 is 11.9 Å². The van der Waals surface area contributed by atoms with E-state index in [1.165, 1.54) is 0 Å². The van der Waals surface area contributed by atoms with Gasteiger partial charge in [0, 0.05) is 23.7 Å². The molecule has 0 unspecified atom stereocenters. The van der Waals surface area contributed by atoms with Crippen LogP contribution in [-0.4, -0.2) is 35.6 Å². The van der Waals surface area contributed by atoms with Gasteiger partial charge in [-0.15, -0.1) is 0 Å². The molecule has 21 heavy (non-hydrogen) atoms. The van der Waals surface area contributed by atoms with Gasteiger partial charge in [-0.05, 0) is 12.8 Å². The van der Waals surface area contributed by atoms with Crippen LogP contribution in [0.4, 0.5) is 0 Å². The van der Waals surface area contributed by atoms with Crippen molar-refractivity contribution in [2.75, 3.05) is 13.2 Å². The Kier molecular flexibility index (Phi) is 8.57. The highest BCUT2D eigenvalue weighted by atomic mass is 16.6. The van der Waals surface area contributed by atoms with Gasteiger partial charge >= 0.3 is 11.9 Å². The van der Waals surface area contributed by atoms with E-state index < -0.39 is 41.5 Å². The van der Waals surface area contributed by atoms with Gasteiger partial charge in [-0.1, -0.05) is 27.7 Å². The fraction of sp³-hybridized carbons (Fsp3) is 0.857. The Balaban J connectivity index is 4.87. The van der Waals surface area contributed by atoms with Crippen molar-refractivity contribution in [3.05, 3.63) is 10.1 Å². The summed E-state index contributed by atoms with van der Waals surface area (Å²) in [6, 6.07) is 0. The summed E-state index contributed by atoms with van der Waals surface area (Å²) < 4.78 is 9.98. The Bertz CT molecular complexity index is 344. The Hall–Kier alpha value is -1.66. The second-order valence-electron chi connectivity index (χ2n) is 5.34. The Morgan fingerprint density at radius 2 is 1.43 bits per heavy atom. The number of hydrogen-bond acceptors (Lipinski definition) is 6. The number of carbonyl (C=O) groups excluding carboxylic acids is 2. The molecule has 0 radical (unpaired) electrons. The van der Waals surface area contributed by atoms with Crippen molar-refractivity contribution in [3.63, 3.8) is 0 Å². The van der Waals surface area contributed by atoms with Crippen molar-refractivity contribution < 1.29 is 24.0 Å². The third-order valence-electron chi connectivity index (χ3n) is 3.31. The summed E-state index contributed by atoms with van der Waals surface area (Å²) in [6.45, 7) is 6.13. The molecule has 0 aromatic heterocycles. The molecule has 0 N–H and O–H groups in total. The van der Waals surface area contributed by atoms with Gasteiger partial charge in [0.1, 0.15) is 0 Å². The van der Waals surface area contributed by atoms with E-state index in [0.29, 0.717) is 12.8 Å². The van der Waals surface area contributed by atoms with Gasteiger partial charge in [0.25, 0.3) is 5.54 Å². The molecule has 7 nitrogen and oxygen atoms in total. The van der Waals surface area contributed by atoms with Gasteiger partial charge in [0.05, 0.1) is 0 Å². The molecule has 0 aromatic rings. The summed E-state index contributed by atoms with van der Waals surface area (Å²) >= 11 is 0. The number of nitrogens with zero attached hydrogens (tertiary/aromatic N) is 1. The van der Waals surface area contributed by atoms with Gasteiger partial charge < -0.3 is 9.47 Å². The maximum atomic E-state index is 11.4. The Morgan fingerprint density at radius 1 is 1.05 bits per heavy atom. The molecule has 0 aliphatic heterocycles. The molecule has 0 spiro atoms. The summed E-state index contributed by atoms with van der Waals surface area (Å²) in [5.74, 6) is -1.41. The van der Waals surface area contributed by atoms with Crippen LogP contribution in [0, 0.1) is 16.0 Å². The van der Waals surface area contributed by atoms with Crippen molar-refractivity contribution in [2.45, 2.75) is 58.9 Å². The molecular weight excluding hydrogens is 278 g/mol. The van der Waals surface area contributed by atoms with E-state index in [4.69, 9.17) is 9.47 Å². The maximum Gasteiger partial charge on any atom is 0.306 e. The van der Waals surface area contributed by atoms with Crippen molar-refractivity contribution in [1.29, 1.82) is 0 Å². The highest BCUT2D eigenvalue weighted by Crippen LogP contribution is 2.23. The van der Waals surface area contributed by atoms with Crippen molar-refractivity contribution in [2.24, 2.45) is 5.92 Å².